The number of nitrogens with two attached hydrogens (primary N) is 1. The molecule has 3 N–H and O–H groups in total. The van der Waals surface area contributed by atoms with E-state index in [1.807, 2.05) is 0 Å². The van der Waals surface area contributed by atoms with Crippen LogP contribution in [-0.4, -0.2) is 18.2 Å². The van der Waals surface area contributed by atoms with Gasteiger partial charge in [0, 0.05) is 12.5 Å². The Labute approximate surface area is 74.5 Å². The molecule has 0 aliphatic carbocycles. The van der Waals surface area contributed by atoms with Gasteiger partial charge in [-0.2, -0.15) is 13.2 Å². The lowest BCUT2D eigenvalue weighted by Gasteiger charge is -2.16. The molecule has 0 unspecified atom stereocenters. The number of urea groups is 1. The average molecular weight is 198 g/mol. The van der Waals surface area contributed by atoms with E-state index in [2.05, 4.69) is 5.32 Å². The van der Waals surface area contributed by atoms with E-state index in [-0.39, 0.29) is 6.42 Å². The highest BCUT2D eigenvalue weighted by molar-refractivity contribution is 5.71. The lowest BCUT2D eigenvalue weighted by Crippen LogP contribution is -2.38. The summed E-state index contributed by atoms with van der Waals surface area (Å²) in [7, 11) is 0. The molecule has 0 rings (SSSR count). The van der Waals surface area contributed by atoms with E-state index in [1.165, 1.54) is 0 Å². The quantitative estimate of drug-likeness (QED) is 0.710. The Morgan fingerprint density at radius 2 is 2.08 bits per heavy atom. The first-order valence-corrected chi connectivity index (χ1v) is 3.98. The number of rotatable bonds is 4. The molecule has 0 aliphatic heterocycles. The third-order valence-corrected chi connectivity index (χ3v) is 1.62. The number of hydrogen-bond donors (Lipinski definition) is 2. The Morgan fingerprint density at radius 1 is 1.54 bits per heavy atom. The van der Waals surface area contributed by atoms with E-state index in [9.17, 15) is 18.0 Å². The molecule has 78 valence electrons. The van der Waals surface area contributed by atoms with Gasteiger partial charge in [0.15, 0.2) is 0 Å². The molecule has 0 radical (unpaired) electrons. The van der Waals surface area contributed by atoms with E-state index in [1.54, 1.807) is 6.92 Å². The van der Waals surface area contributed by atoms with Gasteiger partial charge in [-0.3, -0.25) is 0 Å². The molecule has 0 aromatic carbocycles. The third kappa shape index (κ3) is 7.42. The minimum absolute atomic E-state index is 0.122. The Bertz CT molecular complexity index is 170. The van der Waals surface area contributed by atoms with Crippen molar-refractivity contribution in [2.45, 2.75) is 38.4 Å². The van der Waals surface area contributed by atoms with Crippen LogP contribution in [0.15, 0.2) is 0 Å². The summed E-state index contributed by atoms with van der Waals surface area (Å²) in [5.41, 5.74) is 4.78. The molecule has 0 aromatic heterocycles. The van der Waals surface area contributed by atoms with E-state index in [0.29, 0.717) is 6.42 Å². The van der Waals surface area contributed by atoms with Crippen LogP contribution in [0.5, 0.6) is 0 Å². The van der Waals surface area contributed by atoms with Crippen molar-refractivity contribution >= 4 is 6.03 Å². The number of halogens is 3. The highest BCUT2D eigenvalue weighted by Gasteiger charge is 2.28. The smallest absolute Gasteiger partial charge is 0.352 e. The first-order valence-electron chi connectivity index (χ1n) is 3.98. The molecule has 3 nitrogen and oxygen atoms in total. The highest BCUT2D eigenvalue weighted by atomic mass is 19.4. The normalized spacial score (nSPS) is 13.8. The predicted molar refractivity (Wildman–Crippen MR) is 42.1 cm³/mol. The third-order valence-electron chi connectivity index (χ3n) is 1.62. The van der Waals surface area contributed by atoms with Gasteiger partial charge in [-0.1, -0.05) is 6.92 Å². The van der Waals surface area contributed by atoms with Crippen LogP contribution in [0.25, 0.3) is 0 Å². The van der Waals surface area contributed by atoms with Gasteiger partial charge in [0.2, 0.25) is 0 Å². The number of carbonyl (C=O) groups excluding carboxylic acids is 1. The maximum absolute atomic E-state index is 11.7. The van der Waals surface area contributed by atoms with E-state index >= 15 is 0 Å². The van der Waals surface area contributed by atoms with E-state index in [0.717, 1.165) is 0 Å². The van der Waals surface area contributed by atoms with Crippen LogP contribution in [0.1, 0.15) is 26.2 Å². The van der Waals surface area contributed by atoms with Crippen LogP contribution >= 0.6 is 0 Å². The van der Waals surface area contributed by atoms with Crippen molar-refractivity contribution in [3.8, 4) is 0 Å². The molecule has 0 aliphatic rings. The summed E-state index contributed by atoms with van der Waals surface area (Å²) in [6.07, 6.45) is -4.75. The number of amides is 2. The van der Waals surface area contributed by atoms with Gasteiger partial charge in [0.1, 0.15) is 0 Å². The monoisotopic (exact) mass is 198 g/mol. The average Bonchev–Trinajstić information content (AvgIpc) is 1.95. The fourth-order valence-corrected chi connectivity index (χ4v) is 0.917. The summed E-state index contributed by atoms with van der Waals surface area (Å²) in [5, 5.41) is 2.24. The predicted octanol–water partition coefficient (Wildman–Crippen LogP) is 1.78. The lowest BCUT2D eigenvalue weighted by atomic mass is 10.1. The van der Waals surface area contributed by atoms with Crippen molar-refractivity contribution in [2.24, 2.45) is 5.73 Å². The molecule has 0 fully saturated rings. The van der Waals surface area contributed by atoms with Gasteiger partial charge in [-0.05, 0) is 12.8 Å². The van der Waals surface area contributed by atoms with Crippen molar-refractivity contribution < 1.29 is 18.0 Å². The van der Waals surface area contributed by atoms with Crippen LogP contribution in [0.3, 0.4) is 0 Å². The Hall–Kier alpha value is -0.940. The zero-order valence-electron chi connectivity index (χ0n) is 7.32. The zero-order chi connectivity index (χ0) is 10.5. The minimum Gasteiger partial charge on any atom is -0.352 e. The van der Waals surface area contributed by atoms with Gasteiger partial charge in [0.05, 0.1) is 0 Å². The molecule has 0 spiro atoms. The Kier molecular flexibility index (Phi) is 4.58. The largest absolute Gasteiger partial charge is 0.389 e. The molecule has 13 heavy (non-hydrogen) atoms. The molecule has 0 heterocycles. The van der Waals surface area contributed by atoms with Gasteiger partial charge in [-0.25, -0.2) is 4.79 Å². The van der Waals surface area contributed by atoms with Gasteiger partial charge in [0.25, 0.3) is 0 Å². The minimum atomic E-state index is -4.17. The first kappa shape index (κ1) is 12.1. The Balaban J connectivity index is 3.79. The van der Waals surface area contributed by atoms with Crippen molar-refractivity contribution in [3.05, 3.63) is 0 Å². The van der Waals surface area contributed by atoms with E-state index < -0.39 is 24.7 Å². The summed E-state index contributed by atoms with van der Waals surface area (Å²) >= 11 is 0. The molecule has 0 bridgehead atoms. The first-order chi connectivity index (χ1) is 5.85. The highest BCUT2D eigenvalue weighted by Crippen LogP contribution is 2.22. The second kappa shape index (κ2) is 4.94. The van der Waals surface area contributed by atoms with Gasteiger partial charge >= 0.3 is 12.2 Å². The van der Waals surface area contributed by atoms with Crippen LogP contribution in [-0.2, 0) is 0 Å². The summed E-state index contributed by atoms with van der Waals surface area (Å²) in [4.78, 5) is 10.3. The molecule has 0 saturated carbocycles. The maximum Gasteiger partial charge on any atom is 0.389 e. The SMILES string of the molecule is CC[C@H](CCC(F)(F)F)NC(N)=O. The fourth-order valence-electron chi connectivity index (χ4n) is 0.917. The molecular formula is C7H13F3N2O. The van der Waals surface area contributed by atoms with Crippen molar-refractivity contribution in [1.29, 1.82) is 0 Å². The molecule has 1 atom stereocenters. The summed E-state index contributed by atoms with van der Waals surface area (Å²) in [5.74, 6) is 0. The van der Waals surface area contributed by atoms with Crippen molar-refractivity contribution in [3.63, 3.8) is 0 Å². The van der Waals surface area contributed by atoms with Crippen molar-refractivity contribution in [2.75, 3.05) is 0 Å². The van der Waals surface area contributed by atoms with Gasteiger partial charge in [-0.15, -0.1) is 0 Å². The second-order valence-electron chi connectivity index (χ2n) is 2.77. The van der Waals surface area contributed by atoms with Crippen LogP contribution in [0.4, 0.5) is 18.0 Å². The Morgan fingerprint density at radius 3 is 2.38 bits per heavy atom. The van der Waals surface area contributed by atoms with Crippen LogP contribution in [0.2, 0.25) is 0 Å². The number of hydrogen-bond acceptors (Lipinski definition) is 1. The van der Waals surface area contributed by atoms with E-state index in [4.69, 9.17) is 5.73 Å². The second-order valence-corrected chi connectivity index (χ2v) is 2.77. The molecule has 6 heteroatoms. The number of alkyl halides is 3. The zero-order valence-corrected chi connectivity index (χ0v) is 7.32. The number of nitrogens with one attached hydrogen (secondary N) is 1. The summed E-state index contributed by atoms with van der Waals surface area (Å²) in [6, 6.07) is -1.27. The van der Waals surface area contributed by atoms with Crippen molar-refractivity contribution in [1.82, 2.24) is 5.32 Å². The molecular weight excluding hydrogens is 185 g/mol. The van der Waals surface area contributed by atoms with Gasteiger partial charge < -0.3 is 11.1 Å². The lowest BCUT2D eigenvalue weighted by molar-refractivity contribution is -0.136. The van der Waals surface area contributed by atoms with Crippen LogP contribution in [0, 0.1) is 0 Å². The topological polar surface area (TPSA) is 55.1 Å². The molecule has 0 aromatic rings. The maximum atomic E-state index is 11.7. The summed E-state index contributed by atoms with van der Waals surface area (Å²) in [6.45, 7) is 1.69. The number of primary amides is 1. The fraction of sp³-hybridized carbons (Fsp3) is 0.857. The standard InChI is InChI=1S/C7H13F3N2O/c1-2-5(12-6(11)13)3-4-7(8,9)10/h5H,2-4H2,1H3,(H3,11,12,13)/t5-/m1/s1. The molecule has 0 saturated heterocycles. The molecule has 2 amide bonds. The number of carbonyl (C=O) groups is 1. The summed E-state index contributed by atoms with van der Waals surface area (Å²) < 4.78 is 35.2. The van der Waals surface area contributed by atoms with Crippen LogP contribution < -0.4 is 11.1 Å².